The number of sulfonamides is 1. The van der Waals surface area contributed by atoms with Gasteiger partial charge >= 0.3 is 6.18 Å². The van der Waals surface area contributed by atoms with Crippen molar-refractivity contribution in [1.82, 2.24) is 15.3 Å². The number of aromatic nitrogens is 2. The number of hydrogen-bond donors (Lipinski definition) is 2. The summed E-state index contributed by atoms with van der Waals surface area (Å²) >= 11 is 6.05. The van der Waals surface area contributed by atoms with Gasteiger partial charge in [0.05, 0.1) is 5.56 Å². The summed E-state index contributed by atoms with van der Waals surface area (Å²) < 4.78 is 67.1. The fourth-order valence-electron chi connectivity index (χ4n) is 2.83. The highest BCUT2D eigenvalue weighted by Crippen LogP contribution is 2.36. The van der Waals surface area contributed by atoms with Crippen LogP contribution in [0, 0.1) is 0 Å². The Kier molecular flexibility index (Phi) is 6.70. The minimum Gasteiger partial charge on any atom is -0.335 e. The van der Waals surface area contributed by atoms with Crippen molar-refractivity contribution in [3.8, 4) is 11.1 Å². The topological polar surface area (TPSA) is 101 Å². The summed E-state index contributed by atoms with van der Waals surface area (Å²) in [6, 6.07) is 8.55. The molecule has 1 aromatic heterocycles. The number of rotatable bonds is 6. The number of carbonyl (C=O) groups excluding carboxylic acids is 1. The van der Waals surface area contributed by atoms with Crippen LogP contribution in [0.4, 0.5) is 18.9 Å². The molecule has 3 rings (SSSR count). The van der Waals surface area contributed by atoms with Gasteiger partial charge in [0.25, 0.3) is 10.0 Å². The second-order valence-corrected chi connectivity index (χ2v) is 8.84. The molecule has 0 saturated heterocycles. The van der Waals surface area contributed by atoms with Gasteiger partial charge in [-0.15, -0.1) is 0 Å². The molecule has 0 aliphatic carbocycles. The SMILES string of the molecule is CC(=O)NC(c1cncnc1)S(=O)(=O)Nc1ccc(-c2cc(C(F)(F)F)ccc2Cl)cc1. The minimum absolute atomic E-state index is 0.112. The second-order valence-electron chi connectivity index (χ2n) is 6.67. The molecule has 12 heteroatoms. The zero-order valence-corrected chi connectivity index (χ0v) is 18.0. The van der Waals surface area contributed by atoms with E-state index in [2.05, 4.69) is 20.0 Å². The van der Waals surface area contributed by atoms with E-state index in [0.29, 0.717) is 5.56 Å². The van der Waals surface area contributed by atoms with Gasteiger partial charge in [0.15, 0.2) is 5.37 Å². The smallest absolute Gasteiger partial charge is 0.335 e. The molecular weight excluding hydrogens is 469 g/mol. The Morgan fingerprint density at radius 2 is 1.69 bits per heavy atom. The van der Waals surface area contributed by atoms with E-state index in [0.717, 1.165) is 18.2 Å². The van der Waals surface area contributed by atoms with Crippen molar-refractivity contribution in [2.45, 2.75) is 18.5 Å². The van der Waals surface area contributed by atoms with Crippen LogP contribution in [-0.2, 0) is 21.0 Å². The van der Waals surface area contributed by atoms with Crippen molar-refractivity contribution >= 4 is 33.2 Å². The molecule has 168 valence electrons. The molecule has 0 aliphatic heterocycles. The van der Waals surface area contributed by atoms with E-state index >= 15 is 0 Å². The lowest BCUT2D eigenvalue weighted by Gasteiger charge is -2.19. The molecule has 32 heavy (non-hydrogen) atoms. The first kappa shape index (κ1) is 23.5. The van der Waals surface area contributed by atoms with Crippen LogP contribution in [0.25, 0.3) is 11.1 Å². The van der Waals surface area contributed by atoms with Crippen LogP contribution in [0.1, 0.15) is 23.4 Å². The van der Waals surface area contributed by atoms with Crippen LogP contribution in [0.5, 0.6) is 0 Å². The summed E-state index contributed by atoms with van der Waals surface area (Å²) in [5, 5.41) is 0.981. The maximum absolute atomic E-state index is 13.0. The van der Waals surface area contributed by atoms with Crippen molar-refractivity contribution in [3.63, 3.8) is 0 Å². The van der Waals surface area contributed by atoms with E-state index in [4.69, 9.17) is 11.6 Å². The number of alkyl halides is 3. The summed E-state index contributed by atoms with van der Waals surface area (Å²) in [5.74, 6) is -0.584. The zero-order valence-electron chi connectivity index (χ0n) is 16.4. The largest absolute Gasteiger partial charge is 0.416 e. The maximum Gasteiger partial charge on any atom is 0.416 e. The summed E-state index contributed by atoms with van der Waals surface area (Å²) in [6.07, 6.45) is -0.808. The number of nitrogens with zero attached hydrogens (tertiary/aromatic N) is 2. The Hall–Kier alpha value is -3.18. The first-order valence-corrected chi connectivity index (χ1v) is 10.9. The van der Waals surface area contributed by atoms with Crippen molar-refractivity contribution in [2.24, 2.45) is 0 Å². The highest BCUT2D eigenvalue weighted by molar-refractivity contribution is 7.92. The Labute approximate surface area is 186 Å². The van der Waals surface area contributed by atoms with Crippen LogP contribution in [0.2, 0.25) is 5.02 Å². The highest BCUT2D eigenvalue weighted by Gasteiger charge is 2.31. The molecule has 1 amide bonds. The summed E-state index contributed by atoms with van der Waals surface area (Å²) in [7, 11) is -4.17. The van der Waals surface area contributed by atoms with Crippen molar-refractivity contribution in [1.29, 1.82) is 0 Å². The maximum atomic E-state index is 13.0. The molecule has 1 atom stereocenters. The van der Waals surface area contributed by atoms with E-state index in [1.54, 1.807) is 0 Å². The van der Waals surface area contributed by atoms with Crippen LogP contribution < -0.4 is 10.0 Å². The van der Waals surface area contributed by atoms with E-state index in [1.807, 2.05) is 0 Å². The number of nitrogens with one attached hydrogen (secondary N) is 2. The number of hydrogen-bond acceptors (Lipinski definition) is 5. The van der Waals surface area contributed by atoms with Crippen LogP contribution in [0.15, 0.2) is 61.2 Å². The van der Waals surface area contributed by atoms with E-state index in [-0.39, 0.29) is 21.8 Å². The molecule has 0 aliphatic rings. The van der Waals surface area contributed by atoms with Crippen molar-refractivity contribution < 1.29 is 26.4 Å². The third-order valence-corrected chi connectivity index (χ3v) is 6.14. The van der Waals surface area contributed by atoms with Crippen molar-refractivity contribution in [2.75, 3.05) is 4.72 Å². The average molecular weight is 485 g/mol. The molecule has 0 saturated carbocycles. The molecule has 1 heterocycles. The monoisotopic (exact) mass is 484 g/mol. The minimum atomic E-state index is -4.53. The van der Waals surface area contributed by atoms with E-state index in [1.165, 1.54) is 49.9 Å². The van der Waals surface area contributed by atoms with Gasteiger partial charge in [0.2, 0.25) is 5.91 Å². The molecule has 1 unspecified atom stereocenters. The Morgan fingerprint density at radius 3 is 2.25 bits per heavy atom. The molecule has 0 fully saturated rings. The molecule has 0 radical (unpaired) electrons. The Bertz CT molecular complexity index is 1220. The standard InChI is InChI=1S/C20H16ClF3N4O3S/c1-12(29)27-19(14-9-25-11-26-10-14)32(30,31)28-16-5-2-13(3-6-16)17-8-15(20(22,23)24)4-7-18(17)21/h2-11,19,28H,1H3,(H,27,29). The third-order valence-electron chi connectivity index (χ3n) is 4.28. The number of anilines is 1. The van der Waals surface area contributed by atoms with Gasteiger partial charge in [0.1, 0.15) is 6.33 Å². The quantitative estimate of drug-likeness (QED) is 0.540. The molecule has 0 bridgehead atoms. The average Bonchev–Trinajstić information content (AvgIpc) is 2.72. The molecule has 0 spiro atoms. The molecule has 7 nitrogen and oxygen atoms in total. The van der Waals surface area contributed by atoms with Gasteiger partial charge in [-0.05, 0) is 35.9 Å². The normalized spacial score (nSPS) is 12.8. The first-order valence-electron chi connectivity index (χ1n) is 8.98. The van der Waals surface area contributed by atoms with E-state index in [9.17, 15) is 26.4 Å². The fourth-order valence-corrected chi connectivity index (χ4v) is 4.44. The third kappa shape index (κ3) is 5.54. The highest BCUT2D eigenvalue weighted by atomic mass is 35.5. The van der Waals surface area contributed by atoms with Crippen LogP contribution in [-0.4, -0.2) is 24.3 Å². The predicted molar refractivity (Wildman–Crippen MR) is 113 cm³/mol. The van der Waals surface area contributed by atoms with Gasteiger partial charge in [-0.3, -0.25) is 9.52 Å². The number of amides is 1. The number of benzene rings is 2. The molecule has 2 aromatic carbocycles. The Balaban J connectivity index is 1.89. The van der Waals surface area contributed by atoms with Gasteiger partial charge in [-0.25, -0.2) is 18.4 Å². The molecular formula is C20H16ClF3N4O3S. The lowest BCUT2D eigenvalue weighted by molar-refractivity contribution is -0.137. The van der Waals surface area contributed by atoms with Crippen LogP contribution >= 0.6 is 11.6 Å². The second kappa shape index (κ2) is 9.13. The van der Waals surface area contributed by atoms with Gasteiger partial charge < -0.3 is 5.32 Å². The summed E-state index contributed by atoms with van der Waals surface area (Å²) in [5.41, 5.74) is -0.0797. The number of carbonyl (C=O) groups is 1. The van der Waals surface area contributed by atoms with Gasteiger partial charge in [-0.2, -0.15) is 13.2 Å². The van der Waals surface area contributed by atoms with Crippen molar-refractivity contribution in [3.05, 3.63) is 77.3 Å². The van der Waals surface area contributed by atoms with Gasteiger partial charge in [0, 0.05) is 41.2 Å². The fraction of sp³-hybridized carbons (Fsp3) is 0.150. The van der Waals surface area contributed by atoms with Crippen LogP contribution in [0.3, 0.4) is 0 Å². The molecule has 2 N–H and O–H groups in total. The van der Waals surface area contributed by atoms with Gasteiger partial charge in [-0.1, -0.05) is 23.7 Å². The first-order chi connectivity index (χ1) is 15.0. The lowest BCUT2D eigenvalue weighted by Crippen LogP contribution is -2.35. The summed E-state index contributed by atoms with van der Waals surface area (Å²) in [6.45, 7) is 1.17. The lowest BCUT2D eigenvalue weighted by atomic mass is 10.0. The predicted octanol–water partition coefficient (Wildman–Crippen LogP) is 4.39. The Morgan fingerprint density at radius 1 is 1.06 bits per heavy atom. The summed E-state index contributed by atoms with van der Waals surface area (Å²) in [4.78, 5) is 19.0. The number of halogens is 4. The van der Waals surface area contributed by atoms with E-state index < -0.39 is 33.0 Å². The molecule has 3 aromatic rings. The zero-order chi connectivity index (χ0) is 23.5.